The van der Waals surface area contributed by atoms with Crippen molar-refractivity contribution < 1.29 is 23.8 Å². The number of benzene rings is 1. The minimum absolute atomic E-state index is 0.0439. The fraction of sp³-hybridized carbons (Fsp3) is 0.579. The van der Waals surface area contributed by atoms with Crippen LogP contribution in [0.5, 0.6) is 0 Å². The quantitative estimate of drug-likeness (QED) is 0.678. The van der Waals surface area contributed by atoms with Crippen LogP contribution >= 0.6 is 0 Å². The third kappa shape index (κ3) is 9.30. The molecule has 2 atom stereocenters. The molecule has 0 aliphatic rings. The molecule has 134 valence electrons. The van der Waals surface area contributed by atoms with Crippen LogP contribution in [-0.2, 0) is 30.4 Å². The maximum absolute atomic E-state index is 11.9. The van der Waals surface area contributed by atoms with Crippen LogP contribution in [0.2, 0.25) is 0 Å². The lowest BCUT2D eigenvalue weighted by Gasteiger charge is -2.21. The van der Waals surface area contributed by atoms with Gasteiger partial charge in [0.25, 0.3) is 0 Å². The first-order valence-electron chi connectivity index (χ1n) is 8.22. The Labute approximate surface area is 144 Å². The van der Waals surface area contributed by atoms with Crippen LogP contribution in [0.15, 0.2) is 30.3 Å². The van der Waals surface area contributed by atoms with Gasteiger partial charge >= 0.3 is 11.9 Å². The molecule has 5 heteroatoms. The third-order valence-corrected chi connectivity index (χ3v) is 3.04. The molecule has 0 saturated heterocycles. The summed E-state index contributed by atoms with van der Waals surface area (Å²) in [6, 6.07) is 9.75. The molecule has 0 fully saturated rings. The Morgan fingerprint density at radius 3 is 2.12 bits per heavy atom. The van der Waals surface area contributed by atoms with Gasteiger partial charge in [-0.05, 0) is 40.2 Å². The van der Waals surface area contributed by atoms with E-state index in [9.17, 15) is 9.59 Å². The Bertz CT molecular complexity index is 518. The Hall–Kier alpha value is -1.88. The van der Waals surface area contributed by atoms with Crippen LogP contribution in [0.1, 0.15) is 53.0 Å². The van der Waals surface area contributed by atoms with Crippen LogP contribution in [0.4, 0.5) is 0 Å². The van der Waals surface area contributed by atoms with E-state index in [2.05, 4.69) is 0 Å². The standard InChI is InChI=1S/C19H28O5/c1-14(22-13-16-9-7-6-8-10-16)11-17(20)23-15(2)12-18(21)24-19(3,4)5/h6-10,14-15H,11-13H2,1-5H3/t14-,15-/m1/s1. The Morgan fingerprint density at radius 2 is 1.54 bits per heavy atom. The van der Waals surface area contributed by atoms with Crippen molar-refractivity contribution in [1.82, 2.24) is 0 Å². The van der Waals surface area contributed by atoms with Gasteiger partial charge in [-0.2, -0.15) is 0 Å². The summed E-state index contributed by atoms with van der Waals surface area (Å²) >= 11 is 0. The molecule has 0 aliphatic heterocycles. The number of carbonyl (C=O) groups is 2. The highest BCUT2D eigenvalue weighted by atomic mass is 16.6. The van der Waals surface area contributed by atoms with E-state index < -0.39 is 11.7 Å². The minimum Gasteiger partial charge on any atom is -0.462 e. The van der Waals surface area contributed by atoms with Crippen molar-refractivity contribution >= 4 is 11.9 Å². The van der Waals surface area contributed by atoms with Crippen LogP contribution in [-0.4, -0.2) is 29.7 Å². The monoisotopic (exact) mass is 336 g/mol. The topological polar surface area (TPSA) is 61.8 Å². The first kappa shape index (κ1) is 20.2. The highest BCUT2D eigenvalue weighted by Gasteiger charge is 2.21. The second-order valence-electron chi connectivity index (χ2n) is 6.90. The van der Waals surface area contributed by atoms with Crippen LogP contribution in [0, 0.1) is 0 Å². The number of carbonyl (C=O) groups excluding carboxylic acids is 2. The van der Waals surface area contributed by atoms with Crippen LogP contribution in [0.25, 0.3) is 0 Å². The summed E-state index contributed by atoms with van der Waals surface area (Å²) in [4.78, 5) is 23.6. The average molecular weight is 336 g/mol. The molecule has 1 aromatic carbocycles. The van der Waals surface area contributed by atoms with Crippen molar-refractivity contribution in [3.05, 3.63) is 35.9 Å². The van der Waals surface area contributed by atoms with E-state index in [4.69, 9.17) is 14.2 Å². The molecule has 0 spiro atoms. The molecule has 5 nitrogen and oxygen atoms in total. The van der Waals surface area contributed by atoms with Gasteiger partial charge in [0.05, 0.1) is 25.6 Å². The Morgan fingerprint density at radius 1 is 0.958 bits per heavy atom. The van der Waals surface area contributed by atoms with E-state index in [1.165, 1.54) is 0 Å². The Kier molecular flexibility index (Phi) is 7.92. The summed E-state index contributed by atoms with van der Waals surface area (Å²) in [6.45, 7) is 9.34. The fourth-order valence-corrected chi connectivity index (χ4v) is 2.04. The van der Waals surface area contributed by atoms with E-state index in [1.807, 2.05) is 37.3 Å². The third-order valence-electron chi connectivity index (χ3n) is 3.04. The molecule has 0 saturated carbocycles. The number of rotatable bonds is 8. The van der Waals surface area contributed by atoms with Gasteiger partial charge in [-0.1, -0.05) is 30.3 Å². The maximum Gasteiger partial charge on any atom is 0.310 e. The first-order valence-corrected chi connectivity index (χ1v) is 8.22. The van der Waals surface area contributed by atoms with Crippen molar-refractivity contribution in [2.75, 3.05) is 0 Å². The zero-order valence-electron chi connectivity index (χ0n) is 15.2. The molecule has 0 aromatic heterocycles. The lowest BCUT2D eigenvalue weighted by Crippen LogP contribution is -2.28. The molecule has 0 N–H and O–H groups in total. The van der Waals surface area contributed by atoms with Gasteiger partial charge in [-0.3, -0.25) is 9.59 Å². The minimum atomic E-state index is -0.541. The van der Waals surface area contributed by atoms with Gasteiger partial charge in [0.15, 0.2) is 0 Å². The van der Waals surface area contributed by atoms with E-state index in [-0.39, 0.29) is 30.9 Å². The number of ether oxygens (including phenoxy) is 3. The number of esters is 2. The van der Waals surface area contributed by atoms with Gasteiger partial charge < -0.3 is 14.2 Å². The normalized spacial score (nSPS) is 13.9. The molecule has 0 bridgehead atoms. The summed E-state index contributed by atoms with van der Waals surface area (Å²) in [7, 11) is 0. The van der Waals surface area contributed by atoms with E-state index >= 15 is 0 Å². The fourth-order valence-electron chi connectivity index (χ4n) is 2.04. The zero-order chi connectivity index (χ0) is 18.2. The lowest BCUT2D eigenvalue weighted by atomic mass is 10.2. The highest BCUT2D eigenvalue weighted by Crippen LogP contribution is 2.12. The van der Waals surface area contributed by atoms with Crippen molar-refractivity contribution in [3.8, 4) is 0 Å². The van der Waals surface area contributed by atoms with E-state index in [0.29, 0.717) is 6.61 Å². The molecular weight excluding hydrogens is 308 g/mol. The molecule has 1 aromatic rings. The van der Waals surface area contributed by atoms with Gasteiger partial charge in [0.2, 0.25) is 0 Å². The van der Waals surface area contributed by atoms with Gasteiger partial charge in [-0.15, -0.1) is 0 Å². The zero-order valence-corrected chi connectivity index (χ0v) is 15.2. The molecule has 24 heavy (non-hydrogen) atoms. The van der Waals surface area contributed by atoms with Gasteiger partial charge in [-0.25, -0.2) is 0 Å². The van der Waals surface area contributed by atoms with Crippen LogP contribution < -0.4 is 0 Å². The lowest BCUT2D eigenvalue weighted by molar-refractivity contribution is -0.161. The smallest absolute Gasteiger partial charge is 0.310 e. The molecular formula is C19H28O5. The largest absolute Gasteiger partial charge is 0.462 e. The highest BCUT2D eigenvalue weighted by molar-refractivity contribution is 5.73. The van der Waals surface area contributed by atoms with Crippen molar-refractivity contribution in [2.45, 2.75) is 71.9 Å². The molecule has 0 unspecified atom stereocenters. The van der Waals surface area contributed by atoms with Gasteiger partial charge in [0.1, 0.15) is 11.7 Å². The Balaban J connectivity index is 2.27. The first-order chi connectivity index (χ1) is 11.2. The maximum atomic E-state index is 11.9. The summed E-state index contributed by atoms with van der Waals surface area (Å²) in [5.41, 5.74) is 0.511. The van der Waals surface area contributed by atoms with Crippen LogP contribution in [0.3, 0.4) is 0 Å². The number of hydrogen-bond donors (Lipinski definition) is 0. The molecule has 1 rings (SSSR count). The number of hydrogen-bond acceptors (Lipinski definition) is 5. The second kappa shape index (κ2) is 9.42. The molecule has 0 aliphatic carbocycles. The van der Waals surface area contributed by atoms with E-state index in [1.54, 1.807) is 27.7 Å². The molecule has 0 heterocycles. The predicted molar refractivity (Wildman–Crippen MR) is 91.3 cm³/mol. The predicted octanol–water partition coefficient (Wildman–Crippen LogP) is 3.65. The van der Waals surface area contributed by atoms with Gasteiger partial charge in [0, 0.05) is 0 Å². The van der Waals surface area contributed by atoms with Crippen molar-refractivity contribution in [2.24, 2.45) is 0 Å². The molecule has 0 amide bonds. The summed E-state index contributed by atoms with van der Waals surface area (Å²) in [5.74, 6) is -0.761. The summed E-state index contributed by atoms with van der Waals surface area (Å²) in [6.07, 6.45) is -0.589. The van der Waals surface area contributed by atoms with Crippen molar-refractivity contribution in [1.29, 1.82) is 0 Å². The SMILES string of the molecule is C[C@H](CC(=O)O[C@H](C)CC(=O)OC(C)(C)C)OCc1ccccc1. The molecule has 0 radical (unpaired) electrons. The summed E-state index contributed by atoms with van der Waals surface area (Å²) < 4.78 is 16.1. The second-order valence-corrected chi connectivity index (χ2v) is 6.90. The van der Waals surface area contributed by atoms with E-state index in [0.717, 1.165) is 5.56 Å². The summed E-state index contributed by atoms with van der Waals surface area (Å²) in [5, 5.41) is 0. The van der Waals surface area contributed by atoms with Crippen molar-refractivity contribution in [3.63, 3.8) is 0 Å². The average Bonchev–Trinajstić information content (AvgIpc) is 2.43.